The molecule has 2 aromatic heterocycles. The normalized spacial score (nSPS) is 17.5. The van der Waals surface area contributed by atoms with Crippen molar-refractivity contribution in [2.24, 2.45) is 5.92 Å². The van der Waals surface area contributed by atoms with Crippen molar-refractivity contribution in [1.82, 2.24) is 4.90 Å². The van der Waals surface area contributed by atoms with Crippen LogP contribution in [-0.4, -0.2) is 18.2 Å². The van der Waals surface area contributed by atoms with Gasteiger partial charge >= 0.3 is 5.63 Å². The molecule has 136 valence electrons. The van der Waals surface area contributed by atoms with Crippen LogP contribution in [-0.2, 0) is 6.54 Å². The van der Waals surface area contributed by atoms with Gasteiger partial charge in [0.1, 0.15) is 29.0 Å². The van der Waals surface area contributed by atoms with Crippen molar-refractivity contribution < 1.29 is 13.6 Å². The van der Waals surface area contributed by atoms with Gasteiger partial charge in [-0.25, -0.2) is 4.79 Å². The lowest BCUT2D eigenvalue weighted by Crippen LogP contribution is -2.33. The van der Waals surface area contributed by atoms with Gasteiger partial charge < -0.3 is 13.6 Å². The molecule has 0 radical (unpaired) electrons. The molecule has 0 atom stereocenters. The highest BCUT2D eigenvalue weighted by atomic mass is 35.5. The van der Waals surface area contributed by atoms with Crippen molar-refractivity contribution >= 4 is 44.5 Å². The van der Waals surface area contributed by atoms with Crippen molar-refractivity contribution in [3.63, 3.8) is 0 Å². The van der Waals surface area contributed by atoms with E-state index in [0.29, 0.717) is 39.3 Å². The Balaban J connectivity index is 1.65. The number of benzene rings is 2. The Labute approximate surface area is 159 Å². The molecular weight excluding hydrogens is 366 g/mol. The zero-order chi connectivity index (χ0) is 18.1. The van der Waals surface area contributed by atoms with E-state index in [0.717, 1.165) is 35.7 Å². The molecule has 0 spiro atoms. The molecule has 4 aromatic rings. The van der Waals surface area contributed by atoms with Gasteiger partial charge in [-0.05, 0) is 49.1 Å². The Hall–Kier alpha value is -2.50. The zero-order valence-electron chi connectivity index (χ0n) is 14.5. The maximum atomic E-state index is 12.8. The lowest BCUT2D eigenvalue weighted by molar-refractivity contribution is 0.0919. The topological polar surface area (TPSA) is 55.8 Å². The van der Waals surface area contributed by atoms with Crippen molar-refractivity contribution in [1.29, 1.82) is 0 Å². The predicted octanol–water partition coefficient (Wildman–Crippen LogP) is 4.91. The molecule has 27 heavy (non-hydrogen) atoms. The maximum Gasteiger partial charge on any atom is 0.348 e. The van der Waals surface area contributed by atoms with Gasteiger partial charge in [-0.1, -0.05) is 11.6 Å². The predicted molar refractivity (Wildman–Crippen MR) is 103 cm³/mol. The molecule has 0 amide bonds. The number of hydrogen-bond donors (Lipinski definition) is 0. The van der Waals surface area contributed by atoms with Gasteiger partial charge in [-0.3, -0.25) is 4.90 Å². The summed E-state index contributed by atoms with van der Waals surface area (Å²) >= 11 is 6.16. The van der Waals surface area contributed by atoms with Crippen molar-refractivity contribution in [2.45, 2.75) is 19.4 Å². The molecule has 0 bridgehead atoms. The van der Waals surface area contributed by atoms with E-state index < -0.39 is 5.63 Å². The fourth-order valence-electron chi connectivity index (χ4n) is 4.05. The minimum Gasteiger partial charge on any atom is -0.478 e. The van der Waals surface area contributed by atoms with Gasteiger partial charge in [0, 0.05) is 29.1 Å². The summed E-state index contributed by atoms with van der Waals surface area (Å²) in [6.07, 6.45) is 2.58. The van der Waals surface area contributed by atoms with E-state index in [1.54, 1.807) is 18.2 Å². The van der Waals surface area contributed by atoms with Gasteiger partial charge in [-0.2, -0.15) is 0 Å². The third-order valence-corrected chi connectivity index (χ3v) is 5.75. The van der Waals surface area contributed by atoms with Crippen molar-refractivity contribution in [3.05, 3.63) is 51.3 Å². The van der Waals surface area contributed by atoms with Crippen LogP contribution in [0.4, 0.5) is 0 Å². The minimum absolute atomic E-state index is 0.397. The third kappa shape index (κ3) is 2.38. The fraction of sp³-hybridized carbons (Fsp3) is 0.286. The van der Waals surface area contributed by atoms with Gasteiger partial charge in [0.2, 0.25) is 0 Å². The van der Waals surface area contributed by atoms with Gasteiger partial charge in [0.05, 0.1) is 5.39 Å². The van der Waals surface area contributed by atoms with Crippen LogP contribution < -0.4 is 10.4 Å². The van der Waals surface area contributed by atoms with Gasteiger partial charge in [0.25, 0.3) is 0 Å². The number of hydrogen-bond acceptors (Lipinski definition) is 5. The maximum absolute atomic E-state index is 12.8. The average Bonchev–Trinajstić information content (AvgIpc) is 3.38. The summed E-state index contributed by atoms with van der Waals surface area (Å²) in [6, 6.07) is 8.95. The highest BCUT2D eigenvalue weighted by molar-refractivity contribution is 6.31. The van der Waals surface area contributed by atoms with Gasteiger partial charge in [-0.15, -0.1) is 0 Å². The smallest absolute Gasteiger partial charge is 0.348 e. The molecule has 2 aliphatic rings. The van der Waals surface area contributed by atoms with E-state index >= 15 is 0 Å². The van der Waals surface area contributed by atoms with Crippen LogP contribution in [0.5, 0.6) is 5.75 Å². The Morgan fingerprint density at radius 3 is 2.78 bits per heavy atom. The molecule has 0 N–H and O–H groups in total. The van der Waals surface area contributed by atoms with E-state index in [4.69, 9.17) is 25.2 Å². The zero-order valence-corrected chi connectivity index (χ0v) is 15.2. The summed E-state index contributed by atoms with van der Waals surface area (Å²) in [5.74, 6) is 1.58. The second kappa shape index (κ2) is 5.50. The van der Waals surface area contributed by atoms with Gasteiger partial charge in [0.15, 0.2) is 5.58 Å². The van der Waals surface area contributed by atoms with E-state index in [2.05, 4.69) is 4.90 Å². The Bertz CT molecular complexity index is 1280. The van der Waals surface area contributed by atoms with Crippen LogP contribution in [0.3, 0.4) is 0 Å². The molecule has 0 saturated heterocycles. The van der Waals surface area contributed by atoms with Crippen LogP contribution in [0.2, 0.25) is 5.02 Å². The summed E-state index contributed by atoms with van der Waals surface area (Å²) in [5, 5.41) is 2.53. The van der Waals surface area contributed by atoms with Crippen LogP contribution in [0.25, 0.3) is 32.9 Å². The summed E-state index contributed by atoms with van der Waals surface area (Å²) in [4.78, 5) is 15.1. The lowest BCUT2D eigenvalue weighted by atomic mass is 10.0. The lowest BCUT2D eigenvalue weighted by Gasteiger charge is -2.29. The van der Waals surface area contributed by atoms with Crippen LogP contribution in [0.1, 0.15) is 18.4 Å². The molecule has 6 heteroatoms. The number of nitrogens with zero attached hydrogens (tertiary/aromatic N) is 1. The first-order valence-corrected chi connectivity index (χ1v) is 9.51. The quantitative estimate of drug-likeness (QED) is 0.462. The summed E-state index contributed by atoms with van der Waals surface area (Å²) in [6.45, 7) is 2.35. The SMILES string of the molecule is O=c1oc2ccc(Cl)cc2c2oc3ccc4c(c3c12)CN(CC1CC1)CO4. The first-order chi connectivity index (χ1) is 13.2. The highest BCUT2D eigenvalue weighted by Gasteiger charge is 2.29. The number of rotatable bonds is 2. The molecule has 1 aliphatic carbocycles. The molecular formula is C21H16ClNO4. The molecule has 3 heterocycles. The third-order valence-electron chi connectivity index (χ3n) is 5.51. The second-order valence-electron chi connectivity index (χ2n) is 7.48. The van der Waals surface area contributed by atoms with E-state index in [-0.39, 0.29) is 0 Å². The monoisotopic (exact) mass is 381 g/mol. The second-order valence-corrected chi connectivity index (χ2v) is 7.92. The number of ether oxygens (including phenoxy) is 1. The number of furan rings is 1. The Morgan fingerprint density at radius 2 is 1.93 bits per heavy atom. The Kier molecular flexibility index (Phi) is 3.17. The summed E-state index contributed by atoms with van der Waals surface area (Å²) < 4.78 is 17.6. The summed E-state index contributed by atoms with van der Waals surface area (Å²) in [7, 11) is 0. The van der Waals surface area contributed by atoms with E-state index in [1.807, 2.05) is 12.1 Å². The fourth-order valence-corrected chi connectivity index (χ4v) is 4.22. The molecule has 6 rings (SSSR count). The number of halogens is 1. The molecule has 2 aromatic carbocycles. The standard InChI is InChI=1S/C21H16ClNO4/c22-12-3-4-16-13(7-12)20-19(21(24)27-16)18-14-9-23(8-11-1-2-11)10-25-15(14)5-6-17(18)26-20/h3-7,11H,1-2,8-10H2. The molecule has 1 aliphatic heterocycles. The van der Waals surface area contributed by atoms with Crippen LogP contribution >= 0.6 is 11.6 Å². The molecule has 5 nitrogen and oxygen atoms in total. The number of fused-ring (bicyclic) bond motifs is 7. The summed E-state index contributed by atoms with van der Waals surface area (Å²) in [5.41, 5.74) is 2.25. The van der Waals surface area contributed by atoms with E-state index in [9.17, 15) is 4.79 Å². The minimum atomic E-state index is -0.397. The molecule has 1 fully saturated rings. The first kappa shape index (κ1) is 15.5. The molecule has 1 saturated carbocycles. The van der Waals surface area contributed by atoms with Crippen molar-refractivity contribution in [2.75, 3.05) is 13.3 Å². The van der Waals surface area contributed by atoms with Crippen LogP contribution in [0.15, 0.2) is 44.0 Å². The average molecular weight is 382 g/mol. The highest BCUT2D eigenvalue weighted by Crippen LogP contribution is 2.40. The Morgan fingerprint density at radius 1 is 1.07 bits per heavy atom. The first-order valence-electron chi connectivity index (χ1n) is 9.13. The van der Waals surface area contributed by atoms with Crippen molar-refractivity contribution in [3.8, 4) is 5.75 Å². The largest absolute Gasteiger partial charge is 0.478 e. The van der Waals surface area contributed by atoms with Crippen LogP contribution in [0, 0.1) is 5.92 Å². The van der Waals surface area contributed by atoms with E-state index in [1.165, 1.54) is 12.8 Å². The molecule has 0 unspecified atom stereocenters.